The molecule has 1 aliphatic rings. The summed E-state index contributed by atoms with van der Waals surface area (Å²) in [5.74, 6) is -0.382. The van der Waals surface area contributed by atoms with Crippen molar-refractivity contribution in [3.63, 3.8) is 0 Å². The van der Waals surface area contributed by atoms with Gasteiger partial charge in [0.2, 0.25) is 5.91 Å². The smallest absolute Gasteiger partial charge is 0.248 e. The number of nitrogens with one attached hydrogen (secondary N) is 1. The summed E-state index contributed by atoms with van der Waals surface area (Å²) in [7, 11) is 0. The Bertz CT molecular complexity index is 986. The second-order valence-corrected chi connectivity index (χ2v) is 8.40. The van der Waals surface area contributed by atoms with Crippen LogP contribution < -0.4 is 5.32 Å². The molecule has 1 saturated heterocycles. The first-order chi connectivity index (χ1) is 15.1. The van der Waals surface area contributed by atoms with Gasteiger partial charge in [-0.1, -0.05) is 30.3 Å². The molecule has 0 bridgehead atoms. The average molecular weight is 440 g/mol. The second kappa shape index (κ2) is 10.1. The van der Waals surface area contributed by atoms with Crippen LogP contribution in [0.1, 0.15) is 31.4 Å². The van der Waals surface area contributed by atoms with Gasteiger partial charge in [-0.3, -0.25) is 9.69 Å². The molecule has 0 spiro atoms. The molecule has 1 aliphatic heterocycles. The maximum atomic E-state index is 13.3. The van der Waals surface area contributed by atoms with E-state index in [1.165, 1.54) is 23.5 Å². The minimum Gasteiger partial charge on any atom is -0.378 e. The molecule has 1 amide bonds. The fourth-order valence-corrected chi connectivity index (χ4v) is 4.68. The molecule has 0 saturated carbocycles. The molecule has 3 aromatic rings. The summed E-state index contributed by atoms with van der Waals surface area (Å²) in [6.45, 7) is 4.33. The standard InChI is InChI=1S/C24H26FN3O2S/c1-2-30-20-12-14-28(15-13-20)22(18-6-4-3-5-7-18)23(29)27-24-26-21(16-31-24)17-8-10-19(25)11-9-17/h3-11,16,20,22H,2,12-15H2,1H3,(H,26,27,29)/t22-/m0/s1. The number of ether oxygens (including phenoxy) is 1. The topological polar surface area (TPSA) is 54.5 Å². The van der Waals surface area contributed by atoms with Crippen molar-refractivity contribution in [3.05, 3.63) is 71.4 Å². The first-order valence-electron chi connectivity index (χ1n) is 10.6. The van der Waals surface area contributed by atoms with Gasteiger partial charge in [0.1, 0.15) is 11.9 Å². The number of thiazole rings is 1. The van der Waals surface area contributed by atoms with Crippen LogP contribution >= 0.6 is 11.3 Å². The predicted molar refractivity (Wildman–Crippen MR) is 122 cm³/mol. The third-order valence-corrected chi connectivity index (χ3v) is 6.24. The number of carbonyl (C=O) groups is 1. The highest BCUT2D eigenvalue weighted by Crippen LogP contribution is 2.29. The summed E-state index contributed by atoms with van der Waals surface area (Å²) in [6, 6.07) is 15.6. The van der Waals surface area contributed by atoms with E-state index in [9.17, 15) is 9.18 Å². The third kappa shape index (κ3) is 5.36. The van der Waals surface area contributed by atoms with Crippen LogP contribution in [0.25, 0.3) is 11.3 Å². The summed E-state index contributed by atoms with van der Waals surface area (Å²) in [6.07, 6.45) is 2.09. The van der Waals surface area contributed by atoms with E-state index in [-0.39, 0.29) is 23.9 Å². The molecule has 0 aliphatic carbocycles. The molecule has 5 nitrogen and oxygen atoms in total. The SMILES string of the molecule is CCOC1CCN([C@H](C(=O)Nc2nc(-c3ccc(F)cc3)cs2)c2ccccc2)CC1. The molecule has 7 heteroatoms. The van der Waals surface area contributed by atoms with Gasteiger partial charge in [0.25, 0.3) is 0 Å². The number of halogens is 1. The number of aromatic nitrogens is 1. The van der Waals surface area contributed by atoms with Crippen molar-refractivity contribution in [1.82, 2.24) is 9.88 Å². The molecule has 1 fully saturated rings. The number of nitrogens with zero attached hydrogens (tertiary/aromatic N) is 2. The van der Waals surface area contributed by atoms with Crippen molar-refractivity contribution < 1.29 is 13.9 Å². The van der Waals surface area contributed by atoms with Crippen LogP contribution in [0, 0.1) is 5.82 Å². The van der Waals surface area contributed by atoms with Crippen molar-refractivity contribution in [2.24, 2.45) is 0 Å². The van der Waals surface area contributed by atoms with Crippen LogP contribution in [0.5, 0.6) is 0 Å². The lowest BCUT2D eigenvalue weighted by atomic mass is 10.00. The van der Waals surface area contributed by atoms with Gasteiger partial charge in [0.15, 0.2) is 5.13 Å². The molecule has 1 atom stereocenters. The summed E-state index contributed by atoms with van der Waals surface area (Å²) in [4.78, 5) is 20.1. The number of benzene rings is 2. The maximum absolute atomic E-state index is 13.3. The minimum atomic E-state index is -0.387. The maximum Gasteiger partial charge on any atom is 0.248 e. The highest BCUT2D eigenvalue weighted by molar-refractivity contribution is 7.14. The number of rotatable bonds is 7. The summed E-state index contributed by atoms with van der Waals surface area (Å²) in [5, 5.41) is 5.40. The van der Waals surface area contributed by atoms with E-state index in [0.29, 0.717) is 17.4 Å². The molecular weight excluding hydrogens is 413 g/mol. The van der Waals surface area contributed by atoms with Crippen LogP contribution in [0.4, 0.5) is 9.52 Å². The molecule has 31 heavy (non-hydrogen) atoms. The van der Waals surface area contributed by atoms with Gasteiger partial charge in [-0.2, -0.15) is 0 Å². The number of hydrogen-bond acceptors (Lipinski definition) is 5. The van der Waals surface area contributed by atoms with Gasteiger partial charge in [0, 0.05) is 30.6 Å². The number of likely N-dealkylation sites (tertiary alicyclic amines) is 1. The van der Waals surface area contributed by atoms with Gasteiger partial charge < -0.3 is 10.1 Å². The third-order valence-electron chi connectivity index (χ3n) is 5.48. The Labute approximate surface area is 185 Å². The molecule has 2 heterocycles. The zero-order chi connectivity index (χ0) is 21.6. The molecule has 0 unspecified atom stereocenters. The van der Waals surface area contributed by atoms with Gasteiger partial charge in [-0.15, -0.1) is 11.3 Å². The Morgan fingerprint density at radius 2 is 1.90 bits per heavy atom. The first-order valence-corrected chi connectivity index (χ1v) is 11.4. The highest BCUT2D eigenvalue weighted by atomic mass is 32.1. The lowest BCUT2D eigenvalue weighted by Gasteiger charge is -2.36. The average Bonchev–Trinajstić information content (AvgIpc) is 3.25. The van der Waals surface area contributed by atoms with Crippen LogP contribution in [0.2, 0.25) is 0 Å². The van der Waals surface area contributed by atoms with E-state index >= 15 is 0 Å². The molecule has 2 aromatic carbocycles. The van der Waals surface area contributed by atoms with E-state index in [1.54, 1.807) is 12.1 Å². The first kappa shape index (κ1) is 21.6. The van der Waals surface area contributed by atoms with Crippen LogP contribution in [-0.2, 0) is 9.53 Å². The van der Waals surface area contributed by atoms with Crippen molar-refractivity contribution in [2.45, 2.75) is 31.9 Å². The summed E-state index contributed by atoms with van der Waals surface area (Å²) in [5.41, 5.74) is 2.50. The molecule has 0 radical (unpaired) electrons. The Hall–Kier alpha value is -2.61. The Morgan fingerprint density at radius 3 is 2.58 bits per heavy atom. The minimum absolute atomic E-state index is 0.0962. The van der Waals surface area contributed by atoms with Crippen LogP contribution in [0.15, 0.2) is 60.0 Å². The lowest BCUT2D eigenvalue weighted by Crippen LogP contribution is -2.43. The molecule has 162 valence electrons. The number of piperidine rings is 1. The Morgan fingerprint density at radius 1 is 1.19 bits per heavy atom. The van der Waals surface area contributed by atoms with Gasteiger partial charge in [-0.05, 0) is 49.6 Å². The van der Waals surface area contributed by atoms with Gasteiger partial charge >= 0.3 is 0 Å². The largest absolute Gasteiger partial charge is 0.378 e. The Kier molecular flexibility index (Phi) is 7.06. The van der Waals surface area contributed by atoms with Crippen molar-refractivity contribution in [1.29, 1.82) is 0 Å². The van der Waals surface area contributed by atoms with Crippen LogP contribution in [-0.4, -0.2) is 41.6 Å². The molecule has 1 aromatic heterocycles. The zero-order valence-corrected chi connectivity index (χ0v) is 18.3. The second-order valence-electron chi connectivity index (χ2n) is 7.54. The van der Waals surface area contributed by atoms with E-state index in [2.05, 4.69) is 15.2 Å². The van der Waals surface area contributed by atoms with Gasteiger partial charge in [-0.25, -0.2) is 9.37 Å². The highest BCUT2D eigenvalue weighted by Gasteiger charge is 2.31. The predicted octanol–water partition coefficient (Wildman–Crippen LogP) is 5.13. The number of hydrogen-bond donors (Lipinski definition) is 1. The van der Waals surface area contributed by atoms with E-state index in [1.807, 2.05) is 42.6 Å². The lowest BCUT2D eigenvalue weighted by molar-refractivity contribution is -0.122. The van der Waals surface area contributed by atoms with Crippen molar-refractivity contribution >= 4 is 22.4 Å². The van der Waals surface area contributed by atoms with E-state index < -0.39 is 0 Å². The van der Waals surface area contributed by atoms with E-state index in [0.717, 1.165) is 37.1 Å². The number of anilines is 1. The molecular formula is C24H26FN3O2S. The monoisotopic (exact) mass is 439 g/mol. The normalized spacial score (nSPS) is 16.2. The molecule has 1 N–H and O–H groups in total. The van der Waals surface area contributed by atoms with E-state index in [4.69, 9.17) is 4.74 Å². The van der Waals surface area contributed by atoms with Crippen molar-refractivity contribution in [2.75, 3.05) is 25.0 Å². The van der Waals surface area contributed by atoms with Crippen LogP contribution in [0.3, 0.4) is 0 Å². The fourth-order valence-electron chi connectivity index (χ4n) is 3.96. The number of amides is 1. The summed E-state index contributed by atoms with van der Waals surface area (Å²) >= 11 is 1.37. The number of carbonyl (C=O) groups excluding carboxylic acids is 1. The molecule has 4 rings (SSSR count). The fraction of sp³-hybridized carbons (Fsp3) is 0.333. The Balaban J connectivity index is 1.50. The zero-order valence-electron chi connectivity index (χ0n) is 17.5. The summed E-state index contributed by atoms with van der Waals surface area (Å²) < 4.78 is 19.0. The quantitative estimate of drug-likeness (QED) is 0.555. The van der Waals surface area contributed by atoms with Crippen molar-refractivity contribution in [3.8, 4) is 11.3 Å². The van der Waals surface area contributed by atoms with Gasteiger partial charge in [0.05, 0.1) is 11.8 Å².